The van der Waals surface area contributed by atoms with Crippen molar-refractivity contribution >= 4 is 18.3 Å². The molecular weight excluding hydrogens is 190 g/mol. The monoisotopic (exact) mass is 207 g/mol. The first kappa shape index (κ1) is 9.91. The summed E-state index contributed by atoms with van der Waals surface area (Å²) < 4.78 is 0. The Morgan fingerprint density at radius 2 is 1.71 bits per heavy atom. The van der Waals surface area contributed by atoms with E-state index in [0.29, 0.717) is 0 Å². The van der Waals surface area contributed by atoms with Crippen LogP contribution < -0.4 is 5.73 Å². The number of nitrogens with two attached hydrogens (primary N) is 1. The van der Waals surface area contributed by atoms with E-state index >= 15 is 0 Å². The van der Waals surface area contributed by atoms with Crippen LogP contribution in [0.3, 0.4) is 0 Å². The summed E-state index contributed by atoms with van der Waals surface area (Å²) >= 11 is 4.29. The van der Waals surface area contributed by atoms with E-state index in [9.17, 15) is 0 Å². The van der Waals surface area contributed by atoms with Gasteiger partial charge in [-0.25, -0.2) is 0 Å². The van der Waals surface area contributed by atoms with E-state index in [0.717, 1.165) is 11.4 Å². The van der Waals surface area contributed by atoms with Gasteiger partial charge in [0, 0.05) is 11.4 Å². The summed E-state index contributed by atoms with van der Waals surface area (Å²) in [5.41, 5.74) is 11.0. The van der Waals surface area contributed by atoms with Crippen molar-refractivity contribution in [2.75, 3.05) is 5.73 Å². The normalized spacial score (nSPS) is 16.1. The van der Waals surface area contributed by atoms with Gasteiger partial charge in [0.2, 0.25) is 0 Å². The van der Waals surface area contributed by atoms with Crippen LogP contribution in [0.5, 0.6) is 0 Å². The molecule has 1 aromatic rings. The molecule has 0 saturated heterocycles. The molecule has 0 spiro atoms. The maximum atomic E-state index is 5.96. The molecule has 0 atom stereocenters. The molecule has 2 rings (SSSR count). The summed E-state index contributed by atoms with van der Waals surface area (Å²) in [4.78, 5) is 0. The first-order chi connectivity index (χ1) is 6.81. The number of anilines is 1. The SMILES string of the molecule is Nc1cc2c(cc1CS)CCCCC2. The zero-order valence-corrected chi connectivity index (χ0v) is 9.32. The van der Waals surface area contributed by atoms with Gasteiger partial charge in [-0.05, 0) is 48.4 Å². The van der Waals surface area contributed by atoms with Crippen LogP contribution in [-0.2, 0) is 18.6 Å². The van der Waals surface area contributed by atoms with Crippen LogP contribution in [0.2, 0.25) is 0 Å². The zero-order valence-electron chi connectivity index (χ0n) is 8.42. The Morgan fingerprint density at radius 3 is 2.36 bits per heavy atom. The highest BCUT2D eigenvalue weighted by atomic mass is 32.1. The summed E-state index contributed by atoms with van der Waals surface area (Å²) in [7, 11) is 0. The van der Waals surface area contributed by atoms with Gasteiger partial charge in [-0.15, -0.1) is 0 Å². The lowest BCUT2D eigenvalue weighted by Crippen LogP contribution is -1.98. The van der Waals surface area contributed by atoms with Crippen LogP contribution in [0.15, 0.2) is 12.1 Å². The lowest BCUT2D eigenvalue weighted by Gasteiger charge is -2.10. The number of rotatable bonds is 1. The lowest BCUT2D eigenvalue weighted by atomic mass is 9.99. The number of hydrogen-bond donors (Lipinski definition) is 2. The minimum atomic E-state index is 0.749. The summed E-state index contributed by atoms with van der Waals surface area (Å²) in [6, 6.07) is 4.41. The van der Waals surface area contributed by atoms with E-state index in [4.69, 9.17) is 5.73 Å². The zero-order chi connectivity index (χ0) is 9.97. The molecule has 0 aliphatic heterocycles. The highest BCUT2D eigenvalue weighted by molar-refractivity contribution is 7.79. The van der Waals surface area contributed by atoms with E-state index in [-0.39, 0.29) is 0 Å². The maximum absolute atomic E-state index is 5.96. The molecule has 76 valence electrons. The molecule has 1 aromatic carbocycles. The maximum Gasteiger partial charge on any atom is 0.0357 e. The third-order valence-electron chi connectivity index (χ3n) is 3.02. The molecule has 1 aliphatic carbocycles. The van der Waals surface area contributed by atoms with Gasteiger partial charge in [0.1, 0.15) is 0 Å². The second kappa shape index (κ2) is 4.26. The average Bonchev–Trinajstić information content (AvgIpc) is 2.41. The standard InChI is InChI=1S/C12H17NS/c13-12-7-10-5-3-1-2-4-9(10)6-11(12)8-14/h6-7,14H,1-5,8,13H2. The summed E-state index contributed by atoms with van der Waals surface area (Å²) in [6.45, 7) is 0. The Kier molecular flexibility index (Phi) is 3.02. The van der Waals surface area contributed by atoms with Crippen molar-refractivity contribution in [1.29, 1.82) is 0 Å². The van der Waals surface area contributed by atoms with Crippen molar-refractivity contribution in [3.63, 3.8) is 0 Å². The van der Waals surface area contributed by atoms with Gasteiger partial charge in [-0.3, -0.25) is 0 Å². The largest absolute Gasteiger partial charge is 0.398 e. The first-order valence-corrected chi connectivity index (χ1v) is 5.95. The third kappa shape index (κ3) is 1.90. The molecule has 0 fully saturated rings. The highest BCUT2D eigenvalue weighted by Gasteiger charge is 2.10. The Bertz CT molecular complexity index is 333. The molecule has 2 N–H and O–H groups in total. The third-order valence-corrected chi connectivity index (χ3v) is 3.36. The fraction of sp³-hybridized carbons (Fsp3) is 0.500. The van der Waals surface area contributed by atoms with Crippen molar-refractivity contribution < 1.29 is 0 Å². The van der Waals surface area contributed by atoms with Gasteiger partial charge in [-0.1, -0.05) is 12.5 Å². The number of fused-ring (bicyclic) bond motifs is 1. The molecule has 0 bridgehead atoms. The van der Waals surface area contributed by atoms with Gasteiger partial charge in [0.25, 0.3) is 0 Å². The van der Waals surface area contributed by atoms with E-state index in [1.54, 1.807) is 0 Å². The highest BCUT2D eigenvalue weighted by Crippen LogP contribution is 2.26. The molecule has 1 aliphatic rings. The molecule has 0 saturated carbocycles. The summed E-state index contributed by atoms with van der Waals surface area (Å²) in [5.74, 6) is 0.749. The van der Waals surface area contributed by atoms with Gasteiger partial charge < -0.3 is 5.73 Å². The number of hydrogen-bond acceptors (Lipinski definition) is 2. The van der Waals surface area contributed by atoms with E-state index in [1.807, 2.05) is 0 Å². The van der Waals surface area contributed by atoms with Crippen molar-refractivity contribution in [2.24, 2.45) is 0 Å². The van der Waals surface area contributed by atoms with E-state index < -0.39 is 0 Å². The summed E-state index contributed by atoms with van der Waals surface area (Å²) in [6.07, 6.45) is 6.41. The van der Waals surface area contributed by atoms with E-state index in [2.05, 4.69) is 24.8 Å². The van der Waals surface area contributed by atoms with Gasteiger partial charge in [0.05, 0.1) is 0 Å². The molecule has 0 unspecified atom stereocenters. The van der Waals surface area contributed by atoms with Gasteiger partial charge in [0.15, 0.2) is 0 Å². The Morgan fingerprint density at radius 1 is 1.07 bits per heavy atom. The smallest absolute Gasteiger partial charge is 0.0357 e. The van der Waals surface area contributed by atoms with Crippen LogP contribution in [0, 0.1) is 0 Å². The molecule has 0 radical (unpaired) electrons. The van der Waals surface area contributed by atoms with Gasteiger partial charge >= 0.3 is 0 Å². The van der Waals surface area contributed by atoms with Crippen molar-refractivity contribution in [3.8, 4) is 0 Å². The Labute approximate surface area is 91.1 Å². The average molecular weight is 207 g/mol. The number of benzene rings is 1. The van der Waals surface area contributed by atoms with Gasteiger partial charge in [-0.2, -0.15) is 12.6 Å². The molecule has 0 heterocycles. The predicted octanol–water partition coefficient (Wildman–Crippen LogP) is 2.97. The number of nitrogen functional groups attached to an aromatic ring is 1. The molecular formula is C12H17NS. The van der Waals surface area contributed by atoms with Crippen LogP contribution in [-0.4, -0.2) is 0 Å². The second-order valence-corrected chi connectivity index (χ2v) is 4.35. The van der Waals surface area contributed by atoms with Crippen molar-refractivity contribution in [3.05, 3.63) is 28.8 Å². The lowest BCUT2D eigenvalue weighted by molar-refractivity contribution is 0.711. The number of thiol groups is 1. The molecule has 14 heavy (non-hydrogen) atoms. The van der Waals surface area contributed by atoms with Crippen LogP contribution >= 0.6 is 12.6 Å². The van der Waals surface area contributed by atoms with Crippen molar-refractivity contribution in [1.82, 2.24) is 0 Å². The van der Waals surface area contributed by atoms with E-state index in [1.165, 1.54) is 48.8 Å². The quantitative estimate of drug-likeness (QED) is 0.413. The first-order valence-electron chi connectivity index (χ1n) is 5.32. The van der Waals surface area contributed by atoms with Crippen LogP contribution in [0.4, 0.5) is 5.69 Å². The topological polar surface area (TPSA) is 26.0 Å². The molecule has 0 amide bonds. The molecule has 2 heteroatoms. The minimum Gasteiger partial charge on any atom is -0.398 e. The Balaban J connectivity index is 2.41. The summed E-state index contributed by atoms with van der Waals surface area (Å²) in [5, 5.41) is 0. The second-order valence-electron chi connectivity index (χ2n) is 4.04. The Hall–Kier alpha value is -0.630. The molecule has 1 nitrogen and oxygen atoms in total. The number of aryl methyl sites for hydroxylation is 2. The van der Waals surface area contributed by atoms with Crippen LogP contribution in [0.25, 0.3) is 0 Å². The fourth-order valence-electron chi connectivity index (χ4n) is 2.17. The van der Waals surface area contributed by atoms with Crippen molar-refractivity contribution in [2.45, 2.75) is 37.9 Å². The predicted molar refractivity (Wildman–Crippen MR) is 64.8 cm³/mol. The van der Waals surface area contributed by atoms with Crippen LogP contribution in [0.1, 0.15) is 36.0 Å². The fourth-order valence-corrected chi connectivity index (χ4v) is 2.44. The minimum absolute atomic E-state index is 0.749. The molecule has 0 aromatic heterocycles.